The minimum absolute atomic E-state index is 0.253. The van der Waals surface area contributed by atoms with E-state index in [1.165, 1.54) is 35.0 Å². The molecule has 1 aliphatic carbocycles. The van der Waals surface area contributed by atoms with Gasteiger partial charge in [-0.15, -0.1) is 0 Å². The minimum atomic E-state index is -0.253. The van der Waals surface area contributed by atoms with E-state index in [0.717, 1.165) is 62.2 Å². The van der Waals surface area contributed by atoms with Crippen molar-refractivity contribution in [1.29, 1.82) is 0 Å². The van der Waals surface area contributed by atoms with Crippen molar-refractivity contribution in [3.63, 3.8) is 0 Å². The zero-order chi connectivity index (χ0) is 22.9. The first-order valence-electron chi connectivity index (χ1n) is 12.2. The lowest BCUT2D eigenvalue weighted by atomic mass is 9.87. The highest BCUT2D eigenvalue weighted by atomic mass is 16.4. The first kappa shape index (κ1) is 23.0. The Morgan fingerprint density at radius 3 is 2.58 bits per heavy atom. The Bertz CT molecular complexity index is 1090. The fraction of sp³-hybridized carbons (Fsp3) is 0.393. The van der Waals surface area contributed by atoms with Crippen LogP contribution in [0.1, 0.15) is 60.9 Å². The Labute approximate surface area is 196 Å². The number of carbonyl (C=O) groups excluding carboxylic acids is 1. The number of amides is 1. The van der Waals surface area contributed by atoms with Crippen molar-refractivity contribution >= 4 is 23.0 Å². The molecular weight excluding hydrogens is 410 g/mol. The summed E-state index contributed by atoms with van der Waals surface area (Å²) in [4.78, 5) is 19.0. The maximum Gasteiger partial charge on any atom is 0.268 e. The third-order valence-electron chi connectivity index (χ3n) is 6.59. The normalized spacial score (nSPS) is 13.3. The third-order valence-corrected chi connectivity index (χ3v) is 6.59. The number of para-hydroxylation sites is 1. The summed E-state index contributed by atoms with van der Waals surface area (Å²) >= 11 is 0. The van der Waals surface area contributed by atoms with Crippen molar-refractivity contribution in [2.45, 2.75) is 64.3 Å². The second-order valence-corrected chi connectivity index (χ2v) is 8.89. The van der Waals surface area contributed by atoms with Crippen molar-refractivity contribution in [2.75, 3.05) is 6.54 Å². The summed E-state index contributed by atoms with van der Waals surface area (Å²) in [6.45, 7) is 1.19. The number of oxime groups is 1. The van der Waals surface area contributed by atoms with E-state index < -0.39 is 0 Å². The molecule has 0 spiro atoms. The maximum atomic E-state index is 12.3. The second kappa shape index (κ2) is 11.6. The zero-order valence-electron chi connectivity index (χ0n) is 19.2. The maximum absolute atomic E-state index is 12.3. The van der Waals surface area contributed by atoms with E-state index in [0.29, 0.717) is 13.1 Å². The molecule has 3 aromatic rings. The van der Waals surface area contributed by atoms with Crippen LogP contribution in [0.5, 0.6) is 0 Å². The summed E-state index contributed by atoms with van der Waals surface area (Å²) in [5.74, 6) is -0.253. The number of unbranched alkanes of at least 4 members (excludes halogenated alkanes) is 3. The highest BCUT2D eigenvalue weighted by Gasteiger charge is 2.17. The fourth-order valence-corrected chi connectivity index (χ4v) is 4.92. The van der Waals surface area contributed by atoms with Crippen LogP contribution in [0.2, 0.25) is 0 Å². The quantitative estimate of drug-likeness (QED) is 0.189. The summed E-state index contributed by atoms with van der Waals surface area (Å²) in [7, 11) is 0. The number of aryl methyl sites for hydroxylation is 2. The molecule has 0 bridgehead atoms. The third kappa shape index (κ3) is 5.98. The van der Waals surface area contributed by atoms with Gasteiger partial charge in [-0.25, -0.2) is 0 Å². The molecule has 0 radical (unpaired) electrons. The molecule has 0 atom stereocenters. The van der Waals surface area contributed by atoms with Crippen LogP contribution in [0.4, 0.5) is 0 Å². The lowest BCUT2D eigenvalue weighted by Crippen LogP contribution is -2.32. The van der Waals surface area contributed by atoms with Crippen LogP contribution in [0, 0.1) is 0 Å². The molecule has 1 heterocycles. The molecule has 1 aromatic heterocycles. The number of benzene rings is 2. The van der Waals surface area contributed by atoms with Gasteiger partial charge in [0.1, 0.15) is 6.21 Å². The van der Waals surface area contributed by atoms with Crippen LogP contribution >= 0.6 is 0 Å². The number of carbonyl (C=O) groups is 1. The number of rotatable bonds is 10. The molecule has 172 valence electrons. The van der Waals surface area contributed by atoms with Crippen LogP contribution in [-0.4, -0.2) is 33.8 Å². The Balaban J connectivity index is 1.32. The van der Waals surface area contributed by atoms with E-state index in [4.69, 9.17) is 10.2 Å². The summed E-state index contributed by atoms with van der Waals surface area (Å²) in [5, 5.41) is 13.0. The van der Waals surface area contributed by atoms with Gasteiger partial charge < -0.3 is 10.1 Å². The van der Waals surface area contributed by atoms with Crippen molar-refractivity contribution in [3.8, 4) is 0 Å². The molecule has 1 N–H and O–H groups in total. The van der Waals surface area contributed by atoms with Crippen LogP contribution in [0.3, 0.4) is 0 Å². The molecule has 0 saturated heterocycles. The van der Waals surface area contributed by atoms with E-state index in [9.17, 15) is 4.79 Å². The lowest BCUT2D eigenvalue weighted by Gasteiger charge is -2.21. The molecule has 5 nitrogen and oxygen atoms in total. The van der Waals surface area contributed by atoms with Crippen LogP contribution < -0.4 is 0 Å². The molecule has 1 aliphatic rings. The second-order valence-electron chi connectivity index (χ2n) is 8.89. The number of hydrogen-bond acceptors (Lipinski definition) is 4. The van der Waals surface area contributed by atoms with Gasteiger partial charge in [-0.1, -0.05) is 66.5 Å². The van der Waals surface area contributed by atoms with Gasteiger partial charge in [-0.05, 0) is 67.7 Å². The number of nitrogens with zero attached hydrogens (tertiary/aromatic N) is 3. The van der Waals surface area contributed by atoms with Crippen molar-refractivity contribution in [3.05, 3.63) is 77.0 Å². The molecule has 2 aromatic carbocycles. The van der Waals surface area contributed by atoms with Gasteiger partial charge in [0.05, 0.1) is 5.52 Å². The van der Waals surface area contributed by atoms with E-state index in [1.54, 1.807) is 4.90 Å². The van der Waals surface area contributed by atoms with Gasteiger partial charge in [0, 0.05) is 24.2 Å². The van der Waals surface area contributed by atoms with Crippen LogP contribution in [-0.2, 0) is 30.6 Å². The molecule has 0 saturated carbocycles. The van der Waals surface area contributed by atoms with Gasteiger partial charge in [0.2, 0.25) is 0 Å². The van der Waals surface area contributed by atoms with Gasteiger partial charge in [-0.2, -0.15) is 0 Å². The average molecular weight is 444 g/mol. The monoisotopic (exact) mass is 443 g/mol. The Kier molecular flexibility index (Phi) is 8.07. The van der Waals surface area contributed by atoms with Gasteiger partial charge >= 0.3 is 0 Å². The number of hydrogen-bond donors (Lipinski definition) is 1. The fourth-order valence-electron chi connectivity index (χ4n) is 4.92. The molecule has 0 aliphatic heterocycles. The van der Waals surface area contributed by atoms with Crippen LogP contribution in [0.15, 0.2) is 59.8 Å². The van der Waals surface area contributed by atoms with Gasteiger partial charge in [-0.3, -0.25) is 9.78 Å². The molecule has 5 heteroatoms. The van der Waals surface area contributed by atoms with E-state index >= 15 is 0 Å². The van der Waals surface area contributed by atoms with Crippen LogP contribution in [0.25, 0.3) is 10.9 Å². The molecule has 4 rings (SSSR count). The highest BCUT2D eigenvalue weighted by molar-refractivity contribution is 6.25. The average Bonchev–Trinajstić information content (AvgIpc) is 2.85. The largest absolute Gasteiger partial charge is 0.411 e. The Hall–Kier alpha value is -3.21. The predicted molar refractivity (Wildman–Crippen MR) is 133 cm³/mol. The molecule has 1 amide bonds. The van der Waals surface area contributed by atoms with E-state index in [1.807, 2.05) is 30.3 Å². The molecule has 33 heavy (non-hydrogen) atoms. The van der Waals surface area contributed by atoms with Crippen molar-refractivity contribution < 1.29 is 10.0 Å². The topological polar surface area (TPSA) is 65.8 Å². The SMILES string of the molecule is O=C(/C=N/O)N(CCCCCCc1c2c(nc3ccccc13)CCCC2)Cc1ccccc1. The summed E-state index contributed by atoms with van der Waals surface area (Å²) in [6, 6.07) is 18.5. The first-order chi connectivity index (χ1) is 16.3. The molecule has 0 fully saturated rings. The highest BCUT2D eigenvalue weighted by Crippen LogP contribution is 2.30. The standard InChI is InChI=1S/C28H33N3O2/c32-28(20-29-33)31(21-22-12-4-3-5-13-22)19-11-2-1-6-14-23-24-15-7-9-17-26(24)30-27-18-10-8-16-25(23)27/h3-5,7,9,12-13,15,17,20,33H,1-2,6,8,10-11,14,16,18-19,21H2/b29-20+. The van der Waals surface area contributed by atoms with Crippen molar-refractivity contribution in [1.82, 2.24) is 9.88 Å². The number of fused-ring (bicyclic) bond motifs is 2. The predicted octanol–water partition coefficient (Wildman–Crippen LogP) is 5.71. The Morgan fingerprint density at radius 2 is 1.73 bits per heavy atom. The summed E-state index contributed by atoms with van der Waals surface area (Å²) in [6.07, 6.45) is 11.1. The lowest BCUT2D eigenvalue weighted by molar-refractivity contribution is -0.124. The molecular formula is C28H33N3O2. The first-order valence-corrected chi connectivity index (χ1v) is 12.2. The zero-order valence-corrected chi connectivity index (χ0v) is 19.2. The number of aromatic nitrogens is 1. The smallest absolute Gasteiger partial charge is 0.268 e. The van der Waals surface area contributed by atoms with E-state index in [2.05, 4.69) is 29.4 Å². The van der Waals surface area contributed by atoms with Gasteiger partial charge in [0.25, 0.3) is 5.91 Å². The van der Waals surface area contributed by atoms with Crippen molar-refractivity contribution in [2.24, 2.45) is 5.16 Å². The molecule has 0 unspecified atom stereocenters. The summed E-state index contributed by atoms with van der Waals surface area (Å²) in [5.41, 5.74) is 6.54. The van der Waals surface area contributed by atoms with Gasteiger partial charge in [0.15, 0.2) is 0 Å². The minimum Gasteiger partial charge on any atom is -0.411 e. The Morgan fingerprint density at radius 1 is 0.970 bits per heavy atom. The summed E-state index contributed by atoms with van der Waals surface area (Å²) < 4.78 is 0. The van der Waals surface area contributed by atoms with E-state index in [-0.39, 0.29) is 5.91 Å². The number of pyridine rings is 1.